The van der Waals surface area contributed by atoms with Crippen LogP contribution < -0.4 is 9.47 Å². The Kier molecular flexibility index (Phi) is 6.44. The molecule has 1 unspecified atom stereocenters. The van der Waals surface area contributed by atoms with Crippen molar-refractivity contribution in [1.82, 2.24) is 9.80 Å². The monoisotopic (exact) mass is 390 g/mol. The number of piperidine rings is 1. The van der Waals surface area contributed by atoms with Gasteiger partial charge in [-0.3, -0.25) is 9.59 Å². The van der Waals surface area contributed by atoms with E-state index >= 15 is 0 Å². The Morgan fingerprint density at radius 1 is 1.14 bits per heavy atom. The number of aliphatic hydroxyl groups is 1. The van der Waals surface area contributed by atoms with Gasteiger partial charge in [0.25, 0.3) is 0 Å². The second-order valence-corrected chi connectivity index (χ2v) is 7.49. The molecule has 0 bridgehead atoms. The summed E-state index contributed by atoms with van der Waals surface area (Å²) in [5, 5.41) is 9.24. The number of carbonyl (C=O) groups is 2. The summed E-state index contributed by atoms with van der Waals surface area (Å²) >= 11 is 0. The summed E-state index contributed by atoms with van der Waals surface area (Å²) in [6, 6.07) is 5.66. The van der Waals surface area contributed by atoms with Gasteiger partial charge in [-0.1, -0.05) is 6.07 Å². The molecule has 2 fully saturated rings. The smallest absolute Gasteiger partial charge is 0.248 e. The first kappa shape index (κ1) is 20.5. The van der Waals surface area contributed by atoms with Gasteiger partial charge in [0.2, 0.25) is 11.8 Å². The standard InChI is InChI=1S/C21H30N2O5/c1-27-17-7-5-16(15-18(17)28-2)6-8-19(25)23-12-4-10-21(23)9-3-11-22(13-14-24)20(21)26/h5,7,15,24H,3-4,6,8-14H2,1-2H3. The molecule has 0 radical (unpaired) electrons. The number of ether oxygens (including phenoxy) is 2. The first-order valence-electron chi connectivity index (χ1n) is 9.97. The lowest BCUT2D eigenvalue weighted by molar-refractivity contribution is -0.155. The van der Waals surface area contributed by atoms with E-state index in [2.05, 4.69) is 0 Å². The minimum absolute atomic E-state index is 0.00441. The first-order valence-corrected chi connectivity index (χ1v) is 9.97. The maximum Gasteiger partial charge on any atom is 0.248 e. The van der Waals surface area contributed by atoms with E-state index < -0.39 is 5.54 Å². The second-order valence-electron chi connectivity index (χ2n) is 7.49. The van der Waals surface area contributed by atoms with Crippen LogP contribution in [0.1, 0.15) is 37.7 Å². The molecule has 1 N–H and O–H groups in total. The molecular formula is C21H30N2O5. The van der Waals surface area contributed by atoms with E-state index in [0.29, 0.717) is 44.0 Å². The number of aliphatic hydroxyl groups excluding tert-OH is 1. The predicted molar refractivity (Wildman–Crippen MR) is 104 cm³/mol. The van der Waals surface area contributed by atoms with Crippen molar-refractivity contribution >= 4 is 11.8 Å². The van der Waals surface area contributed by atoms with Crippen molar-refractivity contribution in [3.8, 4) is 11.5 Å². The van der Waals surface area contributed by atoms with Gasteiger partial charge in [0.1, 0.15) is 5.54 Å². The average molecular weight is 390 g/mol. The molecule has 2 saturated heterocycles. The lowest BCUT2D eigenvalue weighted by Gasteiger charge is -2.44. The first-order chi connectivity index (χ1) is 13.6. The summed E-state index contributed by atoms with van der Waals surface area (Å²) in [5.74, 6) is 1.33. The van der Waals surface area contributed by atoms with Gasteiger partial charge in [-0.2, -0.15) is 0 Å². The molecule has 154 valence electrons. The van der Waals surface area contributed by atoms with Crippen molar-refractivity contribution in [2.45, 2.75) is 44.1 Å². The molecule has 0 aliphatic carbocycles. The predicted octanol–water partition coefficient (Wildman–Crippen LogP) is 1.61. The topological polar surface area (TPSA) is 79.3 Å². The van der Waals surface area contributed by atoms with Gasteiger partial charge in [0.05, 0.1) is 20.8 Å². The van der Waals surface area contributed by atoms with Crippen LogP contribution in [0.3, 0.4) is 0 Å². The van der Waals surface area contributed by atoms with E-state index in [-0.39, 0.29) is 18.4 Å². The van der Waals surface area contributed by atoms with Gasteiger partial charge in [-0.05, 0) is 49.8 Å². The molecule has 2 amide bonds. The molecule has 2 heterocycles. The van der Waals surface area contributed by atoms with Crippen molar-refractivity contribution in [1.29, 1.82) is 0 Å². The molecule has 1 spiro atoms. The number of methoxy groups -OCH3 is 2. The molecule has 0 aromatic heterocycles. The Bertz CT molecular complexity index is 721. The molecule has 1 aromatic rings. The number of aryl methyl sites for hydroxylation is 1. The summed E-state index contributed by atoms with van der Waals surface area (Å²) in [4.78, 5) is 29.6. The van der Waals surface area contributed by atoms with Gasteiger partial charge < -0.3 is 24.4 Å². The Hall–Kier alpha value is -2.28. The summed E-state index contributed by atoms with van der Waals surface area (Å²) in [7, 11) is 3.18. The number of nitrogens with zero attached hydrogens (tertiary/aromatic N) is 2. The molecule has 0 saturated carbocycles. The third-order valence-electron chi connectivity index (χ3n) is 5.94. The molecule has 2 aliphatic heterocycles. The number of amides is 2. The van der Waals surface area contributed by atoms with Crippen molar-refractivity contribution < 1.29 is 24.2 Å². The van der Waals surface area contributed by atoms with Crippen molar-refractivity contribution in [2.24, 2.45) is 0 Å². The molecule has 2 aliphatic rings. The van der Waals surface area contributed by atoms with Crippen molar-refractivity contribution in [3.05, 3.63) is 23.8 Å². The number of likely N-dealkylation sites (tertiary alicyclic amines) is 2. The zero-order chi connectivity index (χ0) is 20.1. The summed E-state index contributed by atoms with van der Waals surface area (Å²) in [6.45, 7) is 1.58. The lowest BCUT2D eigenvalue weighted by atomic mass is 9.85. The second kappa shape index (κ2) is 8.82. The Labute approximate surface area is 166 Å². The molecule has 1 atom stereocenters. The Morgan fingerprint density at radius 3 is 2.54 bits per heavy atom. The molecule has 3 rings (SSSR count). The van der Waals surface area contributed by atoms with Crippen LogP contribution in [0.4, 0.5) is 0 Å². The third kappa shape index (κ3) is 3.81. The van der Waals surface area contributed by atoms with Crippen LogP contribution >= 0.6 is 0 Å². The van der Waals surface area contributed by atoms with Crippen LogP contribution in [0.5, 0.6) is 11.5 Å². The van der Waals surface area contributed by atoms with Crippen molar-refractivity contribution in [3.63, 3.8) is 0 Å². The fourth-order valence-corrected chi connectivity index (χ4v) is 4.55. The van der Waals surface area contributed by atoms with E-state index in [4.69, 9.17) is 9.47 Å². The molecule has 7 heteroatoms. The van der Waals surface area contributed by atoms with E-state index in [1.54, 1.807) is 24.0 Å². The van der Waals surface area contributed by atoms with Crippen LogP contribution in [-0.2, 0) is 16.0 Å². The van der Waals surface area contributed by atoms with Crippen LogP contribution in [0.2, 0.25) is 0 Å². The molecule has 7 nitrogen and oxygen atoms in total. The fourth-order valence-electron chi connectivity index (χ4n) is 4.55. The van der Waals surface area contributed by atoms with Crippen LogP contribution in [0.15, 0.2) is 18.2 Å². The SMILES string of the molecule is COc1ccc(CCC(=O)N2CCCC23CCCN(CCO)C3=O)cc1OC. The lowest BCUT2D eigenvalue weighted by Crippen LogP contribution is -2.61. The number of benzene rings is 1. The normalized spacial score (nSPS) is 22.0. The van der Waals surface area contributed by atoms with Gasteiger partial charge in [0, 0.05) is 26.1 Å². The Balaban J connectivity index is 1.69. The summed E-state index contributed by atoms with van der Waals surface area (Å²) in [5.41, 5.74) is 0.290. The highest BCUT2D eigenvalue weighted by Gasteiger charge is 2.52. The van der Waals surface area contributed by atoms with E-state index in [9.17, 15) is 14.7 Å². The van der Waals surface area contributed by atoms with Crippen LogP contribution in [0, 0.1) is 0 Å². The van der Waals surface area contributed by atoms with Gasteiger partial charge in [-0.15, -0.1) is 0 Å². The minimum atomic E-state index is -0.706. The highest BCUT2D eigenvalue weighted by molar-refractivity contribution is 5.92. The Morgan fingerprint density at radius 2 is 1.86 bits per heavy atom. The molecule has 1 aromatic carbocycles. The highest BCUT2D eigenvalue weighted by Crippen LogP contribution is 2.38. The van der Waals surface area contributed by atoms with E-state index in [1.165, 1.54) is 0 Å². The van der Waals surface area contributed by atoms with Crippen LogP contribution in [-0.4, -0.2) is 72.7 Å². The average Bonchev–Trinajstić information content (AvgIpc) is 3.14. The summed E-state index contributed by atoms with van der Waals surface area (Å²) in [6.07, 6.45) is 4.09. The van der Waals surface area contributed by atoms with Crippen LogP contribution in [0.25, 0.3) is 0 Å². The van der Waals surface area contributed by atoms with Gasteiger partial charge in [-0.25, -0.2) is 0 Å². The summed E-state index contributed by atoms with van der Waals surface area (Å²) < 4.78 is 10.6. The van der Waals surface area contributed by atoms with E-state index in [1.807, 2.05) is 18.2 Å². The molecule has 28 heavy (non-hydrogen) atoms. The highest BCUT2D eigenvalue weighted by atomic mass is 16.5. The maximum absolute atomic E-state index is 13.1. The molecular weight excluding hydrogens is 360 g/mol. The zero-order valence-corrected chi connectivity index (χ0v) is 16.8. The zero-order valence-electron chi connectivity index (χ0n) is 16.8. The van der Waals surface area contributed by atoms with Gasteiger partial charge in [0.15, 0.2) is 11.5 Å². The maximum atomic E-state index is 13.1. The van der Waals surface area contributed by atoms with Gasteiger partial charge >= 0.3 is 0 Å². The number of hydrogen-bond donors (Lipinski definition) is 1. The van der Waals surface area contributed by atoms with E-state index in [0.717, 1.165) is 31.2 Å². The number of carbonyl (C=O) groups excluding carboxylic acids is 2. The van der Waals surface area contributed by atoms with Crippen molar-refractivity contribution in [2.75, 3.05) is 40.5 Å². The number of hydrogen-bond acceptors (Lipinski definition) is 5. The third-order valence-corrected chi connectivity index (χ3v) is 5.94. The minimum Gasteiger partial charge on any atom is -0.493 e. The largest absolute Gasteiger partial charge is 0.493 e. The number of β-amino-alcohol motifs (C(OH)–C–C–N with tert-alkyl or cyclic N) is 1. The quantitative estimate of drug-likeness (QED) is 0.765. The number of rotatable bonds is 7. The fraction of sp³-hybridized carbons (Fsp3) is 0.619.